The second kappa shape index (κ2) is 8.47. The SMILES string of the molecule is Cc1cc(C)cc(NC(=O)c2cccnc2SC(=O)c2ccnc3ccccc23)c1. The molecular weight excluding hydrogens is 394 g/mol. The zero-order chi connectivity index (χ0) is 21.1. The third-order valence-corrected chi connectivity index (χ3v) is 5.48. The lowest BCUT2D eigenvalue weighted by atomic mass is 10.1. The van der Waals surface area contributed by atoms with Crippen LogP contribution in [0.3, 0.4) is 0 Å². The van der Waals surface area contributed by atoms with Crippen LogP contribution in [0.25, 0.3) is 10.9 Å². The molecule has 2 heterocycles. The Morgan fingerprint density at radius 2 is 1.60 bits per heavy atom. The van der Waals surface area contributed by atoms with Crippen LogP contribution < -0.4 is 5.32 Å². The zero-order valence-corrected chi connectivity index (χ0v) is 17.4. The number of thioether (sulfide) groups is 1. The first-order chi connectivity index (χ1) is 14.5. The summed E-state index contributed by atoms with van der Waals surface area (Å²) >= 11 is 0.945. The van der Waals surface area contributed by atoms with E-state index >= 15 is 0 Å². The Labute approximate surface area is 178 Å². The molecule has 30 heavy (non-hydrogen) atoms. The number of hydrogen-bond acceptors (Lipinski definition) is 5. The number of nitrogens with one attached hydrogen (secondary N) is 1. The Balaban J connectivity index is 1.61. The number of aryl methyl sites for hydroxylation is 2. The topological polar surface area (TPSA) is 72.0 Å². The molecule has 0 spiro atoms. The number of pyridine rings is 2. The second-order valence-electron chi connectivity index (χ2n) is 6.95. The molecule has 0 unspecified atom stereocenters. The number of anilines is 1. The van der Waals surface area contributed by atoms with Gasteiger partial charge in [-0.1, -0.05) is 24.3 Å². The molecule has 2 aromatic heterocycles. The van der Waals surface area contributed by atoms with E-state index in [1.165, 1.54) is 0 Å². The first-order valence-electron chi connectivity index (χ1n) is 9.42. The minimum absolute atomic E-state index is 0.187. The molecule has 1 amide bonds. The largest absolute Gasteiger partial charge is 0.322 e. The fourth-order valence-corrected chi connectivity index (χ4v) is 4.15. The van der Waals surface area contributed by atoms with Crippen LogP contribution in [0.1, 0.15) is 31.8 Å². The van der Waals surface area contributed by atoms with Gasteiger partial charge in [-0.05, 0) is 73.1 Å². The molecule has 148 valence electrons. The molecule has 0 saturated heterocycles. The van der Waals surface area contributed by atoms with Gasteiger partial charge in [-0.15, -0.1) is 0 Å². The van der Waals surface area contributed by atoms with Gasteiger partial charge in [0.05, 0.1) is 11.1 Å². The van der Waals surface area contributed by atoms with Crippen LogP contribution in [0.2, 0.25) is 0 Å². The van der Waals surface area contributed by atoms with Crippen LogP contribution >= 0.6 is 11.8 Å². The van der Waals surface area contributed by atoms with Gasteiger partial charge in [-0.25, -0.2) is 4.98 Å². The van der Waals surface area contributed by atoms with E-state index in [9.17, 15) is 9.59 Å². The Bertz CT molecular complexity index is 1240. The number of aromatic nitrogens is 2. The van der Waals surface area contributed by atoms with Gasteiger partial charge in [-0.2, -0.15) is 0 Å². The van der Waals surface area contributed by atoms with Crippen molar-refractivity contribution in [2.24, 2.45) is 0 Å². The number of carbonyl (C=O) groups excluding carboxylic acids is 2. The second-order valence-corrected chi connectivity index (χ2v) is 7.91. The van der Waals surface area contributed by atoms with Crippen molar-refractivity contribution in [2.45, 2.75) is 18.9 Å². The Morgan fingerprint density at radius 1 is 0.833 bits per heavy atom. The van der Waals surface area contributed by atoms with Crippen LogP contribution in [0.15, 0.2) is 78.1 Å². The predicted molar refractivity (Wildman–Crippen MR) is 120 cm³/mol. The predicted octanol–water partition coefficient (Wildman–Crippen LogP) is 5.43. The van der Waals surface area contributed by atoms with E-state index in [-0.39, 0.29) is 11.0 Å². The minimum atomic E-state index is -0.303. The minimum Gasteiger partial charge on any atom is -0.322 e. The lowest BCUT2D eigenvalue weighted by Gasteiger charge is -2.10. The van der Waals surface area contributed by atoms with Gasteiger partial charge in [0.1, 0.15) is 5.03 Å². The zero-order valence-electron chi connectivity index (χ0n) is 16.5. The fourth-order valence-electron chi connectivity index (χ4n) is 3.31. The van der Waals surface area contributed by atoms with Crippen molar-refractivity contribution in [3.05, 3.63) is 95.3 Å². The molecule has 6 heteroatoms. The summed E-state index contributed by atoms with van der Waals surface area (Å²) in [4.78, 5) is 34.5. The molecule has 4 rings (SSSR count). The maximum atomic E-state index is 13.0. The normalized spacial score (nSPS) is 10.7. The monoisotopic (exact) mass is 413 g/mol. The average molecular weight is 414 g/mol. The highest BCUT2D eigenvalue weighted by Gasteiger charge is 2.19. The van der Waals surface area contributed by atoms with Crippen LogP contribution in [0.4, 0.5) is 5.69 Å². The molecule has 2 aromatic carbocycles. The lowest BCUT2D eigenvalue weighted by molar-refractivity contribution is 0.102. The van der Waals surface area contributed by atoms with Gasteiger partial charge >= 0.3 is 0 Å². The number of rotatable bonds is 4. The highest BCUT2D eigenvalue weighted by Crippen LogP contribution is 2.28. The molecule has 0 saturated carbocycles. The van der Waals surface area contributed by atoms with Crippen LogP contribution in [0, 0.1) is 13.8 Å². The average Bonchev–Trinajstić information content (AvgIpc) is 2.73. The van der Waals surface area contributed by atoms with E-state index in [2.05, 4.69) is 15.3 Å². The van der Waals surface area contributed by atoms with E-state index in [0.717, 1.165) is 33.8 Å². The fraction of sp³-hybridized carbons (Fsp3) is 0.0833. The molecular formula is C24H19N3O2S. The van der Waals surface area contributed by atoms with Crippen LogP contribution in [-0.4, -0.2) is 21.0 Å². The number of nitrogens with zero attached hydrogens (tertiary/aromatic N) is 2. The Morgan fingerprint density at radius 3 is 2.40 bits per heavy atom. The van der Waals surface area contributed by atoms with Gasteiger partial charge < -0.3 is 5.32 Å². The number of para-hydroxylation sites is 1. The van der Waals surface area contributed by atoms with Gasteiger partial charge in [0.2, 0.25) is 5.12 Å². The molecule has 0 bridgehead atoms. The summed E-state index contributed by atoms with van der Waals surface area (Å²) < 4.78 is 0. The summed E-state index contributed by atoms with van der Waals surface area (Å²) in [5.74, 6) is -0.303. The highest BCUT2D eigenvalue weighted by atomic mass is 32.2. The summed E-state index contributed by atoms with van der Waals surface area (Å²) in [6.07, 6.45) is 3.19. The van der Waals surface area contributed by atoms with Crippen molar-refractivity contribution >= 4 is 39.4 Å². The molecule has 5 nitrogen and oxygen atoms in total. The third-order valence-electron chi connectivity index (χ3n) is 4.55. The Hall–Kier alpha value is -3.51. The van der Waals surface area contributed by atoms with E-state index in [1.807, 2.05) is 56.3 Å². The number of hydrogen-bond donors (Lipinski definition) is 1. The Kier molecular flexibility index (Phi) is 5.59. The van der Waals surface area contributed by atoms with Gasteiger partial charge in [0.25, 0.3) is 5.91 Å². The van der Waals surface area contributed by atoms with Crippen LogP contribution in [0.5, 0.6) is 0 Å². The molecule has 0 aliphatic rings. The van der Waals surface area contributed by atoms with Crippen molar-refractivity contribution in [2.75, 3.05) is 5.32 Å². The molecule has 0 aliphatic heterocycles. The maximum Gasteiger partial charge on any atom is 0.258 e. The molecule has 4 aromatic rings. The van der Waals surface area contributed by atoms with Crippen molar-refractivity contribution in [3.8, 4) is 0 Å². The van der Waals surface area contributed by atoms with Gasteiger partial charge in [-0.3, -0.25) is 14.6 Å². The van der Waals surface area contributed by atoms with E-state index < -0.39 is 0 Å². The summed E-state index contributed by atoms with van der Waals surface area (Å²) in [7, 11) is 0. The van der Waals surface area contributed by atoms with Crippen molar-refractivity contribution in [1.82, 2.24) is 9.97 Å². The molecule has 1 N–H and O–H groups in total. The molecule has 0 fully saturated rings. The van der Waals surface area contributed by atoms with E-state index in [0.29, 0.717) is 21.8 Å². The summed E-state index contributed by atoms with van der Waals surface area (Å²) in [6.45, 7) is 3.96. The van der Waals surface area contributed by atoms with Crippen molar-refractivity contribution < 1.29 is 9.59 Å². The van der Waals surface area contributed by atoms with E-state index in [4.69, 9.17) is 0 Å². The number of benzene rings is 2. The maximum absolute atomic E-state index is 13.0. The summed E-state index contributed by atoms with van der Waals surface area (Å²) in [5, 5.41) is 3.86. The standard InChI is InChI=1S/C24H19N3O2S/c1-15-12-16(2)14-17(13-15)27-22(28)20-7-5-10-26-23(20)30-24(29)19-9-11-25-21-8-4-3-6-18(19)21/h3-14H,1-2H3,(H,27,28). The lowest BCUT2D eigenvalue weighted by Crippen LogP contribution is -2.14. The number of amides is 1. The first kappa shape index (κ1) is 19.8. The van der Waals surface area contributed by atoms with Gasteiger partial charge in [0, 0.05) is 29.0 Å². The summed E-state index contributed by atoms with van der Waals surface area (Å²) in [6, 6.07) is 18.4. The smallest absolute Gasteiger partial charge is 0.258 e. The molecule has 0 radical (unpaired) electrons. The van der Waals surface area contributed by atoms with Crippen molar-refractivity contribution in [3.63, 3.8) is 0 Å². The van der Waals surface area contributed by atoms with Crippen LogP contribution in [-0.2, 0) is 0 Å². The number of fused-ring (bicyclic) bond motifs is 1. The van der Waals surface area contributed by atoms with E-state index in [1.54, 1.807) is 30.6 Å². The van der Waals surface area contributed by atoms with Crippen molar-refractivity contribution in [1.29, 1.82) is 0 Å². The molecule has 0 atom stereocenters. The number of carbonyl (C=O) groups is 2. The van der Waals surface area contributed by atoms with Gasteiger partial charge in [0.15, 0.2) is 0 Å². The summed E-state index contributed by atoms with van der Waals surface area (Å²) in [5.41, 5.74) is 4.48. The highest BCUT2D eigenvalue weighted by molar-refractivity contribution is 8.14. The first-order valence-corrected chi connectivity index (χ1v) is 10.2. The quantitative estimate of drug-likeness (QED) is 0.452. The third kappa shape index (κ3) is 4.23. The molecule has 0 aliphatic carbocycles.